The van der Waals surface area contributed by atoms with Gasteiger partial charge in [-0.3, -0.25) is 0 Å². The largest absolute Gasteiger partial charge is 0.381 e. The van der Waals surface area contributed by atoms with Gasteiger partial charge in [0, 0.05) is 37.6 Å². The normalized spacial score (nSPS) is 18.1. The minimum Gasteiger partial charge on any atom is -0.381 e. The van der Waals surface area contributed by atoms with Crippen LogP contribution in [0.5, 0.6) is 0 Å². The first-order chi connectivity index (χ1) is 12.2. The molecule has 2 heterocycles. The molecule has 0 bridgehead atoms. The number of thiazole rings is 1. The minimum absolute atomic E-state index is 0.469. The van der Waals surface area contributed by atoms with E-state index in [-0.39, 0.29) is 0 Å². The maximum atomic E-state index is 5.73. The van der Waals surface area contributed by atoms with E-state index in [2.05, 4.69) is 46.8 Å². The molecular weight excluding hydrogens is 336 g/mol. The number of aliphatic imine (C=N–C) groups is 1. The number of ether oxygens (including phenoxy) is 2. The summed E-state index contributed by atoms with van der Waals surface area (Å²) in [5.41, 5.74) is 1.15. The number of rotatable bonds is 10. The van der Waals surface area contributed by atoms with E-state index >= 15 is 0 Å². The molecule has 1 saturated heterocycles. The summed E-state index contributed by atoms with van der Waals surface area (Å²) in [6.07, 6.45) is 2.09. The Kier molecular flexibility index (Phi) is 9.21. The first kappa shape index (κ1) is 20.1. The fourth-order valence-corrected chi connectivity index (χ4v) is 3.38. The van der Waals surface area contributed by atoms with Gasteiger partial charge in [0.15, 0.2) is 5.96 Å². The second-order valence-corrected chi connectivity index (χ2v) is 7.54. The summed E-state index contributed by atoms with van der Waals surface area (Å²) in [7, 11) is 0. The highest BCUT2D eigenvalue weighted by atomic mass is 32.1. The SMILES string of the molecule is CCNC(=NCc1nc(C(C)C)cs1)NCCCOCC1CCOC1. The lowest BCUT2D eigenvalue weighted by molar-refractivity contribution is 0.0888. The van der Waals surface area contributed by atoms with Crippen molar-refractivity contribution < 1.29 is 9.47 Å². The van der Waals surface area contributed by atoms with Crippen LogP contribution >= 0.6 is 11.3 Å². The number of aromatic nitrogens is 1. The maximum Gasteiger partial charge on any atom is 0.191 e. The zero-order chi connectivity index (χ0) is 17.9. The van der Waals surface area contributed by atoms with Crippen LogP contribution in [0.15, 0.2) is 10.4 Å². The van der Waals surface area contributed by atoms with E-state index in [9.17, 15) is 0 Å². The molecule has 1 aliphatic rings. The quantitative estimate of drug-likeness (QED) is 0.378. The number of hydrogen-bond acceptors (Lipinski definition) is 5. The second kappa shape index (κ2) is 11.4. The Hall–Kier alpha value is -1.18. The predicted molar refractivity (Wildman–Crippen MR) is 103 cm³/mol. The smallest absolute Gasteiger partial charge is 0.191 e. The van der Waals surface area contributed by atoms with E-state index < -0.39 is 0 Å². The number of nitrogens with one attached hydrogen (secondary N) is 2. The first-order valence-electron chi connectivity index (χ1n) is 9.31. The molecule has 1 aliphatic heterocycles. The Balaban J connectivity index is 1.64. The van der Waals surface area contributed by atoms with Gasteiger partial charge in [-0.2, -0.15) is 0 Å². The highest BCUT2D eigenvalue weighted by molar-refractivity contribution is 7.09. The third-order valence-corrected chi connectivity index (χ3v) is 4.86. The summed E-state index contributed by atoms with van der Waals surface area (Å²) < 4.78 is 11.1. The first-order valence-corrected chi connectivity index (χ1v) is 10.2. The molecule has 1 atom stereocenters. The highest BCUT2D eigenvalue weighted by Crippen LogP contribution is 2.18. The summed E-state index contributed by atoms with van der Waals surface area (Å²) in [5.74, 6) is 1.89. The Morgan fingerprint density at radius 1 is 1.48 bits per heavy atom. The van der Waals surface area contributed by atoms with Crippen LogP contribution in [0.25, 0.3) is 0 Å². The summed E-state index contributed by atoms with van der Waals surface area (Å²) >= 11 is 1.68. The van der Waals surface area contributed by atoms with Gasteiger partial charge in [-0.05, 0) is 25.7 Å². The van der Waals surface area contributed by atoms with Crippen molar-refractivity contribution in [3.05, 3.63) is 16.1 Å². The van der Waals surface area contributed by atoms with Crippen molar-refractivity contribution in [3.63, 3.8) is 0 Å². The molecule has 1 aromatic heterocycles. The minimum atomic E-state index is 0.469. The molecule has 142 valence electrons. The number of guanidine groups is 1. The Labute approximate surface area is 155 Å². The number of hydrogen-bond donors (Lipinski definition) is 2. The molecule has 0 spiro atoms. The van der Waals surface area contributed by atoms with Crippen LogP contribution in [0.2, 0.25) is 0 Å². The zero-order valence-corrected chi connectivity index (χ0v) is 16.5. The molecule has 0 saturated carbocycles. The lowest BCUT2D eigenvalue weighted by Crippen LogP contribution is -2.38. The Morgan fingerprint density at radius 2 is 2.36 bits per heavy atom. The van der Waals surface area contributed by atoms with E-state index in [0.717, 1.165) is 69.0 Å². The summed E-state index contributed by atoms with van der Waals surface area (Å²) in [4.78, 5) is 9.25. The van der Waals surface area contributed by atoms with Gasteiger partial charge in [-0.15, -0.1) is 11.3 Å². The van der Waals surface area contributed by atoms with E-state index in [1.165, 1.54) is 0 Å². The molecule has 25 heavy (non-hydrogen) atoms. The van der Waals surface area contributed by atoms with Gasteiger partial charge in [0.1, 0.15) is 5.01 Å². The molecule has 2 rings (SSSR count). The maximum absolute atomic E-state index is 5.73. The molecule has 0 amide bonds. The second-order valence-electron chi connectivity index (χ2n) is 6.60. The van der Waals surface area contributed by atoms with Crippen LogP contribution in [0.1, 0.15) is 50.2 Å². The third kappa shape index (κ3) is 7.71. The van der Waals surface area contributed by atoms with Crippen LogP contribution in [0.4, 0.5) is 0 Å². The lowest BCUT2D eigenvalue weighted by Gasteiger charge is -2.12. The molecule has 0 radical (unpaired) electrons. The van der Waals surface area contributed by atoms with Crippen LogP contribution in [0.3, 0.4) is 0 Å². The lowest BCUT2D eigenvalue weighted by atomic mass is 10.1. The molecule has 0 aliphatic carbocycles. The standard InChI is InChI=1S/C18H32N4O2S/c1-4-19-18(21-10-17-22-16(13-25-17)14(2)3)20-7-5-8-23-11-15-6-9-24-12-15/h13-15H,4-12H2,1-3H3,(H2,19,20,21). The highest BCUT2D eigenvalue weighted by Gasteiger charge is 2.15. The van der Waals surface area contributed by atoms with Gasteiger partial charge in [0.05, 0.1) is 25.5 Å². The van der Waals surface area contributed by atoms with E-state index in [4.69, 9.17) is 9.47 Å². The predicted octanol–water partition coefficient (Wildman–Crippen LogP) is 2.76. The molecule has 2 N–H and O–H groups in total. The van der Waals surface area contributed by atoms with Gasteiger partial charge >= 0.3 is 0 Å². The summed E-state index contributed by atoms with van der Waals surface area (Å²) in [6.45, 7) is 12.0. The fraction of sp³-hybridized carbons (Fsp3) is 0.778. The fourth-order valence-electron chi connectivity index (χ4n) is 2.50. The average Bonchev–Trinajstić information content (AvgIpc) is 3.27. The van der Waals surface area contributed by atoms with Gasteiger partial charge in [0.25, 0.3) is 0 Å². The summed E-state index contributed by atoms with van der Waals surface area (Å²) in [6, 6.07) is 0. The molecule has 6 nitrogen and oxygen atoms in total. The van der Waals surface area contributed by atoms with Crippen molar-refractivity contribution >= 4 is 17.3 Å². The van der Waals surface area contributed by atoms with Crippen molar-refractivity contribution in [2.75, 3.05) is 39.5 Å². The van der Waals surface area contributed by atoms with E-state index in [0.29, 0.717) is 18.4 Å². The van der Waals surface area contributed by atoms with Gasteiger partial charge in [-0.1, -0.05) is 13.8 Å². The van der Waals surface area contributed by atoms with Gasteiger partial charge < -0.3 is 20.1 Å². The Morgan fingerprint density at radius 3 is 3.04 bits per heavy atom. The van der Waals surface area contributed by atoms with Crippen molar-refractivity contribution in [1.29, 1.82) is 0 Å². The van der Waals surface area contributed by atoms with Gasteiger partial charge in [0.2, 0.25) is 0 Å². The molecule has 1 aromatic rings. The van der Waals surface area contributed by atoms with Crippen LogP contribution in [0, 0.1) is 5.92 Å². The molecule has 0 aromatic carbocycles. The van der Waals surface area contributed by atoms with Crippen LogP contribution < -0.4 is 10.6 Å². The molecular formula is C18H32N4O2S. The number of nitrogens with zero attached hydrogens (tertiary/aromatic N) is 2. The molecule has 1 unspecified atom stereocenters. The topological polar surface area (TPSA) is 67.8 Å². The van der Waals surface area contributed by atoms with E-state index in [1.807, 2.05) is 0 Å². The average molecular weight is 369 g/mol. The van der Waals surface area contributed by atoms with Crippen molar-refractivity contribution in [2.24, 2.45) is 10.9 Å². The third-order valence-electron chi connectivity index (χ3n) is 4.01. The van der Waals surface area contributed by atoms with Crippen molar-refractivity contribution in [1.82, 2.24) is 15.6 Å². The van der Waals surface area contributed by atoms with Crippen molar-refractivity contribution in [2.45, 2.75) is 46.1 Å². The monoisotopic (exact) mass is 368 g/mol. The zero-order valence-electron chi connectivity index (χ0n) is 15.7. The molecule has 7 heteroatoms. The van der Waals surface area contributed by atoms with E-state index in [1.54, 1.807) is 11.3 Å². The van der Waals surface area contributed by atoms with Gasteiger partial charge in [-0.25, -0.2) is 9.98 Å². The summed E-state index contributed by atoms with van der Waals surface area (Å²) in [5, 5.41) is 9.82. The van der Waals surface area contributed by atoms with Crippen molar-refractivity contribution in [3.8, 4) is 0 Å². The molecule has 1 fully saturated rings. The van der Waals surface area contributed by atoms with Crippen LogP contribution in [-0.2, 0) is 16.0 Å². The Bertz CT molecular complexity index is 513. The van der Waals surface area contributed by atoms with Crippen LogP contribution in [-0.4, -0.2) is 50.5 Å².